The summed E-state index contributed by atoms with van der Waals surface area (Å²) in [7, 11) is 0. The number of nitrogens with one attached hydrogen (secondary N) is 2. The van der Waals surface area contributed by atoms with E-state index in [1.54, 1.807) is 0 Å². The summed E-state index contributed by atoms with van der Waals surface area (Å²) >= 11 is 5.96. The standard InChI is InChI=1S/C17H26ClN5O2/c1-10-11(19)13(23-22-12(10)18)20-16-6-5-7-17(8-16,9-16)21-14(24)25-15(2,3)4/h5-9H2,1-4H3,(H2,19,22)(H,20,23)(H,21,24). The van der Waals surface area contributed by atoms with Gasteiger partial charge in [0.2, 0.25) is 0 Å². The maximum atomic E-state index is 12.1. The second-order valence-electron chi connectivity index (χ2n) is 8.40. The van der Waals surface area contributed by atoms with Crippen LogP contribution < -0.4 is 16.4 Å². The summed E-state index contributed by atoms with van der Waals surface area (Å²) in [6.07, 6.45) is 4.27. The molecule has 3 aliphatic rings. The first-order valence-electron chi connectivity index (χ1n) is 8.61. The van der Waals surface area contributed by atoms with Gasteiger partial charge in [-0.1, -0.05) is 11.6 Å². The van der Waals surface area contributed by atoms with Crippen LogP contribution in [0.4, 0.5) is 16.3 Å². The minimum Gasteiger partial charge on any atom is -0.444 e. The third kappa shape index (κ3) is 3.61. The molecule has 138 valence electrons. The summed E-state index contributed by atoms with van der Waals surface area (Å²) in [5.41, 5.74) is 6.55. The second kappa shape index (κ2) is 5.90. The van der Waals surface area contributed by atoms with Gasteiger partial charge in [0.05, 0.1) is 5.69 Å². The number of carbonyl (C=O) groups excluding carboxylic acids is 1. The molecule has 0 unspecified atom stereocenters. The Morgan fingerprint density at radius 3 is 2.52 bits per heavy atom. The van der Waals surface area contributed by atoms with Gasteiger partial charge in [0, 0.05) is 16.6 Å². The summed E-state index contributed by atoms with van der Waals surface area (Å²) < 4.78 is 5.40. The molecule has 2 bridgehead atoms. The topological polar surface area (TPSA) is 102 Å². The van der Waals surface area contributed by atoms with Gasteiger partial charge in [-0.3, -0.25) is 0 Å². The Labute approximate surface area is 153 Å². The van der Waals surface area contributed by atoms with Crippen molar-refractivity contribution in [1.29, 1.82) is 0 Å². The number of alkyl carbamates (subject to hydrolysis) is 1. The van der Waals surface area contributed by atoms with E-state index in [1.165, 1.54) is 0 Å². The molecule has 7 nitrogen and oxygen atoms in total. The fraction of sp³-hybridized carbons (Fsp3) is 0.706. The van der Waals surface area contributed by atoms with Crippen molar-refractivity contribution in [2.24, 2.45) is 0 Å². The molecule has 8 heteroatoms. The van der Waals surface area contributed by atoms with E-state index in [0.29, 0.717) is 16.7 Å². The van der Waals surface area contributed by atoms with Crippen molar-refractivity contribution in [2.75, 3.05) is 11.1 Å². The molecule has 4 rings (SSSR count). The van der Waals surface area contributed by atoms with Crippen LogP contribution in [-0.2, 0) is 4.74 Å². The van der Waals surface area contributed by atoms with E-state index in [9.17, 15) is 4.79 Å². The number of hydrogen-bond donors (Lipinski definition) is 3. The first kappa shape index (κ1) is 18.0. The van der Waals surface area contributed by atoms with Gasteiger partial charge < -0.3 is 21.1 Å². The first-order chi connectivity index (χ1) is 11.5. The molecule has 0 spiro atoms. The van der Waals surface area contributed by atoms with Gasteiger partial charge in [-0.25, -0.2) is 4.79 Å². The molecule has 3 fully saturated rings. The van der Waals surface area contributed by atoms with Gasteiger partial charge in [0.1, 0.15) is 5.60 Å². The van der Waals surface area contributed by atoms with Gasteiger partial charge in [0.25, 0.3) is 0 Å². The van der Waals surface area contributed by atoms with Crippen LogP contribution >= 0.6 is 11.6 Å². The number of fused-ring (bicyclic) bond motifs is 2. The number of rotatable bonds is 3. The number of hydrogen-bond acceptors (Lipinski definition) is 6. The summed E-state index contributed by atoms with van der Waals surface area (Å²) in [4.78, 5) is 12.1. The molecule has 0 atom stereocenters. The zero-order chi connectivity index (χ0) is 18.5. The van der Waals surface area contributed by atoms with Crippen LogP contribution in [-0.4, -0.2) is 33.0 Å². The molecule has 1 heterocycles. The van der Waals surface area contributed by atoms with Crippen LogP contribution in [0.25, 0.3) is 0 Å². The Balaban J connectivity index is 1.68. The number of amides is 1. The van der Waals surface area contributed by atoms with E-state index in [4.69, 9.17) is 22.1 Å². The maximum Gasteiger partial charge on any atom is 0.408 e. The molecular weight excluding hydrogens is 342 g/mol. The van der Waals surface area contributed by atoms with Crippen molar-refractivity contribution < 1.29 is 9.53 Å². The summed E-state index contributed by atoms with van der Waals surface area (Å²) in [5, 5.41) is 14.9. The quantitative estimate of drug-likeness (QED) is 0.756. The number of nitrogens with two attached hydrogens (primary N) is 1. The highest BCUT2D eigenvalue weighted by molar-refractivity contribution is 6.30. The van der Waals surface area contributed by atoms with Crippen molar-refractivity contribution in [1.82, 2.24) is 15.5 Å². The van der Waals surface area contributed by atoms with Crippen molar-refractivity contribution in [2.45, 2.75) is 76.5 Å². The lowest BCUT2D eigenvalue weighted by Crippen LogP contribution is -2.70. The molecule has 0 aromatic carbocycles. The van der Waals surface area contributed by atoms with Gasteiger partial charge in [-0.15, -0.1) is 10.2 Å². The van der Waals surface area contributed by atoms with E-state index in [0.717, 1.165) is 37.7 Å². The largest absolute Gasteiger partial charge is 0.444 e. The minimum absolute atomic E-state index is 0.115. The Morgan fingerprint density at radius 2 is 1.88 bits per heavy atom. The van der Waals surface area contributed by atoms with Crippen LogP contribution in [0, 0.1) is 6.92 Å². The lowest BCUT2D eigenvalue weighted by atomic mass is 9.54. The number of nitrogens with zero attached hydrogens (tertiary/aromatic N) is 2. The van der Waals surface area contributed by atoms with Crippen LogP contribution in [0.15, 0.2) is 0 Å². The summed E-state index contributed by atoms with van der Waals surface area (Å²) in [6.45, 7) is 7.41. The van der Waals surface area contributed by atoms with Gasteiger partial charge in [-0.05, 0) is 59.8 Å². The van der Waals surface area contributed by atoms with Crippen molar-refractivity contribution in [3.05, 3.63) is 10.7 Å². The molecule has 3 saturated carbocycles. The number of nitrogen functional groups attached to an aromatic ring is 1. The molecule has 25 heavy (non-hydrogen) atoms. The Bertz CT molecular complexity index is 695. The fourth-order valence-corrected chi connectivity index (χ4v) is 4.18. The predicted octanol–water partition coefficient (Wildman–Crippen LogP) is 3.41. The molecule has 0 saturated heterocycles. The average Bonchev–Trinajstić information content (AvgIpc) is 2.45. The SMILES string of the molecule is Cc1c(Cl)nnc(NC23CCCC(NC(=O)OC(C)(C)C)(C2)C3)c1N. The molecule has 1 amide bonds. The molecule has 0 aliphatic heterocycles. The monoisotopic (exact) mass is 367 g/mol. The zero-order valence-corrected chi connectivity index (χ0v) is 16.0. The van der Waals surface area contributed by atoms with Gasteiger partial charge in [-0.2, -0.15) is 0 Å². The number of aromatic nitrogens is 2. The van der Waals surface area contributed by atoms with E-state index in [1.807, 2.05) is 27.7 Å². The van der Waals surface area contributed by atoms with Crippen molar-refractivity contribution in [3.8, 4) is 0 Å². The smallest absolute Gasteiger partial charge is 0.408 e. The third-order valence-electron chi connectivity index (χ3n) is 5.02. The summed E-state index contributed by atoms with van der Waals surface area (Å²) in [6, 6.07) is 0. The van der Waals surface area contributed by atoms with Crippen LogP contribution in [0.2, 0.25) is 5.15 Å². The van der Waals surface area contributed by atoms with Crippen LogP contribution in [0.5, 0.6) is 0 Å². The molecule has 1 aromatic heterocycles. The van der Waals surface area contributed by atoms with Gasteiger partial charge in [0.15, 0.2) is 11.0 Å². The number of ether oxygens (including phenoxy) is 1. The highest BCUT2D eigenvalue weighted by Crippen LogP contribution is 2.54. The Hall–Kier alpha value is -1.76. The van der Waals surface area contributed by atoms with E-state index in [2.05, 4.69) is 20.8 Å². The molecule has 3 aliphatic carbocycles. The summed E-state index contributed by atoms with van der Waals surface area (Å²) in [5.74, 6) is 0.565. The van der Waals surface area contributed by atoms with Crippen LogP contribution in [0.1, 0.15) is 58.4 Å². The number of halogens is 1. The van der Waals surface area contributed by atoms with Gasteiger partial charge >= 0.3 is 6.09 Å². The van der Waals surface area contributed by atoms with Crippen molar-refractivity contribution >= 4 is 29.2 Å². The van der Waals surface area contributed by atoms with Crippen LogP contribution in [0.3, 0.4) is 0 Å². The predicted molar refractivity (Wildman–Crippen MR) is 97.7 cm³/mol. The van der Waals surface area contributed by atoms with E-state index in [-0.39, 0.29) is 17.2 Å². The Morgan fingerprint density at radius 1 is 1.24 bits per heavy atom. The molecule has 1 aromatic rings. The number of carbonyl (C=O) groups is 1. The third-order valence-corrected chi connectivity index (χ3v) is 5.38. The normalized spacial score (nSPS) is 28.0. The maximum absolute atomic E-state index is 12.1. The molecule has 0 radical (unpaired) electrons. The Kier molecular flexibility index (Phi) is 4.26. The molecule has 4 N–H and O–H groups in total. The lowest BCUT2D eigenvalue weighted by Gasteiger charge is -2.60. The average molecular weight is 368 g/mol. The zero-order valence-electron chi connectivity index (χ0n) is 15.2. The van der Waals surface area contributed by atoms with E-state index >= 15 is 0 Å². The van der Waals surface area contributed by atoms with E-state index < -0.39 is 5.60 Å². The molecular formula is C17H26ClN5O2. The lowest BCUT2D eigenvalue weighted by molar-refractivity contribution is 0.00386. The first-order valence-corrected chi connectivity index (χ1v) is 8.99. The highest BCUT2D eigenvalue weighted by Gasteiger charge is 2.58. The highest BCUT2D eigenvalue weighted by atomic mass is 35.5. The fourth-order valence-electron chi connectivity index (χ4n) is 4.04. The van der Waals surface area contributed by atoms with Crippen molar-refractivity contribution in [3.63, 3.8) is 0 Å². The second-order valence-corrected chi connectivity index (χ2v) is 8.76. The minimum atomic E-state index is -0.501. The number of anilines is 2.